The molecule has 6 heteroatoms. The second kappa shape index (κ2) is 5.94. The van der Waals surface area contributed by atoms with Crippen LogP contribution < -0.4 is 0 Å². The topological polar surface area (TPSA) is 94.8 Å². The molecule has 152 valence electrons. The minimum Gasteiger partial charge on any atom is -0.393 e. The second-order valence-electron chi connectivity index (χ2n) is 9.47. The quantitative estimate of drug-likeness (QED) is 0.669. The van der Waals surface area contributed by atoms with Crippen LogP contribution in [0.2, 0.25) is 0 Å². The molecule has 4 aliphatic carbocycles. The molecular weight excluding hydrogens is 363 g/mol. The zero-order chi connectivity index (χ0) is 20.6. The van der Waals surface area contributed by atoms with Crippen LogP contribution in [0.25, 0.3) is 0 Å². The van der Waals surface area contributed by atoms with Crippen LogP contribution in [0.5, 0.6) is 0 Å². The molecule has 0 spiro atoms. The Bertz CT molecular complexity index is 844. The lowest BCUT2D eigenvalue weighted by Crippen LogP contribution is -2.62. The van der Waals surface area contributed by atoms with Gasteiger partial charge in [-0.1, -0.05) is 26.8 Å². The first kappa shape index (κ1) is 19.7. The van der Waals surface area contributed by atoms with E-state index in [1.165, 1.54) is 18.2 Å². The number of hydrogen-bond donors (Lipinski definition) is 3. The van der Waals surface area contributed by atoms with E-state index in [0.717, 1.165) is 0 Å². The van der Waals surface area contributed by atoms with Gasteiger partial charge in [0.2, 0.25) is 0 Å². The number of fused-ring (bicyclic) bond motifs is 5. The van der Waals surface area contributed by atoms with E-state index in [0.29, 0.717) is 6.42 Å². The van der Waals surface area contributed by atoms with Gasteiger partial charge < -0.3 is 15.3 Å². The molecule has 5 nitrogen and oxygen atoms in total. The molecule has 0 unspecified atom stereocenters. The molecule has 2 fully saturated rings. The lowest BCUT2D eigenvalue weighted by atomic mass is 9.47. The predicted octanol–water partition coefficient (Wildman–Crippen LogP) is 1.88. The molecule has 8 atom stereocenters. The van der Waals surface area contributed by atoms with Gasteiger partial charge in [0.1, 0.15) is 18.0 Å². The molecule has 0 bridgehead atoms. The van der Waals surface area contributed by atoms with Crippen LogP contribution in [0, 0.1) is 34.5 Å². The summed E-state index contributed by atoms with van der Waals surface area (Å²) in [5, 5.41) is 32.0. The minimum atomic E-state index is -1.77. The Balaban J connectivity index is 1.87. The van der Waals surface area contributed by atoms with E-state index in [4.69, 9.17) is 0 Å². The summed E-state index contributed by atoms with van der Waals surface area (Å²) in [6, 6.07) is 0. The predicted molar refractivity (Wildman–Crippen MR) is 99.6 cm³/mol. The smallest absolute Gasteiger partial charge is 0.190 e. The fourth-order valence-electron chi connectivity index (χ4n) is 6.91. The van der Waals surface area contributed by atoms with Crippen LogP contribution in [0.4, 0.5) is 4.39 Å². The number of Topliss-reactive ketones (excluding diaryl/α,β-unsaturated/α-hetero) is 1. The molecule has 0 aromatic carbocycles. The van der Waals surface area contributed by atoms with E-state index in [2.05, 4.69) is 0 Å². The summed E-state index contributed by atoms with van der Waals surface area (Å²) in [6.07, 6.45) is 5.64. The maximum absolute atomic E-state index is 15.1. The fraction of sp³-hybridized carbons (Fsp3) is 0.636. The Labute approximate surface area is 163 Å². The van der Waals surface area contributed by atoms with Crippen molar-refractivity contribution in [3.8, 4) is 0 Å². The van der Waals surface area contributed by atoms with Gasteiger partial charge in [0.15, 0.2) is 11.6 Å². The highest BCUT2D eigenvalue weighted by Crippen LogP contribution is 2.67. The van der Waals surface area contributed by atoms with Crippen LogP contribution in [0.3, 0.4) is 0 Å². The molecule has 0 heterocycles. The lowest BCUT2D eigenvalue weighted by Gasteiger charge is -2.58. The molecule has 2 saturated carbocycles. The van der Waals surface area contributed by atoms with E-state index in [1.54, 1.807) is 19.9 Å². The highest BCUT2D eigenvalue weighted by Gasteiger charge is 2.70. The molecule has 4 rings (SSSR count). The Morgan fingerprint density at radius 2 is 2.04 bits per heavy atom. The lowest BCUT2D eigenvalue weighted by molar-refractivity contribution is -0.178. The number of rotatable bonds is 2. The number of hydrogen-bond acceptors (Lipinski definition) is 5. The Hall–Kier alpha value is -1.63. The third kappa shape index (κ3) is 2.17. The van der Waals surface area contributed by atoms with Gasteiger partial charge in [0.25, 0.3) is 0 Å². The number of allylic oxidation sites excluding steroid dienone is 6. The summed E-state index contributed by atoms with van der Waals surface area (Å²) in [4.78, 5) is 24.3. The van der Waals surface area contributed by atoms with E-state index in [-0.39, 0.29) is 29.6 Å². The van der Waals surface area contributed by atoms with Crippen molar-refractivity contribution >= 4 is 11.6 Å². The summed E-state index contributed by atoms with van der Waals surface area (Å²) < 4.78 is 15.1. The standard InChI is InChI=1S/C22H27FO5/c1-11-6-14-13-8-16(23)15-7-12(25)4-5-20(15,2)19(13)17(26)9-21(14,3)22(11,28)18(27)10-24/h4-5,7-8,11,13-14,17,19,24,26,28H,6,9-10H2,1-3H3/t11-,13+,14+,17+,19-,20+,21+,22+/m1/s1. The highest BCUT2D eigenvalue weighted by atomic mass is 19.1. The molecule has 28 heavy (non-hydrogen) atoms. The summed E-state index contributed by atoms with van der Waals surface area (Å²) in [5.74, 6) is -2.80. The molecule has 0 saturated heterocycles. The van der Waals surface area contributed by atoms with Gasteiger partial charge in [-0.15, -0.1) is 0 Å². The number of aliphatic hydroxyl groups is 3. The van der Waals surface area contributed by atoms with E-state index < -0.39 is 52.6 Å². The Morgan fingerprint density at radius 3 is 2.68 bits per heavy atom. The van der Waals surface area contributed by atoms with E-state index in [9.17, 15) is 24.9 Å². The van der Waals surface area contributed by atoms with Crippen LogP contribution in [-0.2, 0) is 9.59 Å². The number of aliphatic hydroxyl groups excluding tert-OH is 2. The van der Waals surface area contributed by atoms with Crippen LogP contribution in [0.15, 0.2) is 35.7 Å². The van der Waals surface area contributed by atoms with Gasteiger partial charge in [-0.3, -0.25) is 9.59 Å². The number of ketones is 2. The monoisotopic (exact) mass is 390 g/mol. The van der Waals surface area contributed by atoms with Crippen LogP contribution in [-0.4, -0.2) is 45.2 Å². The van der Waals surface area contributed by atoms with Crippen LogP contribution in [0.1, 0.15) is 33.6 Å². The first-order chi connectivity index (χ1) is 13.0. The Morgan fingerprint density at radius 1 is 1.36 bits per heavy atom. The SMILES string of the molecule is C[C@@H]1C[C@H]2[C@@H]3C=C(F)C4=CC(=O)C=C[C@]4(C)[C@H]3[C@@H](O)C[C@]2(C)[C@@]1(O)C(=O)CO. The zero-order valence-corrected chi connectivity index (χ0v) is 16.4. The van der Waals surface area contributed by atoms with E-state index in [1.807, 2.05) is 6.92 Å². The molecule has 4 aliphatic rings. The van der Waals surface area contributed by atoms with Crippen LogP contribution >= 0.6 is 0 Å². The summed E-state index contributed by atoms with van der Waals surface area (Å²) >= 11 is 0. The van der Waals surface area contributed by atoms with Gasteiger partial charge in [-0.05, 0) is 48.8 Å². The van der Waals surface area contributed by atoms with Crippen molar-refractivity contribution < 1.29 is 29.3 Å². The van der Waals surface area contributed by atoms with Gasteiger partial charge >= 0.3 is 0 Å². The molecule has 3 N–H and O–H groups in total. The highest BCUT2D eigenvalue weighted by molar-refractivity contribution is 6.01. The Kier molecular flexibility index (Phi) is 4.17. The molecule has 0 amide bonds. The van der Waals surface area contributed by atoms with Crippen molar-refractivity contribution in [3.63, 3.8) is 0 Å². The third-order valence-electron chi connectivity index (χ3n) is 8.25. The summed E-state index contributed by atoms with van der Waals surface area (Å²) in [6.45, 7) is 4.61. The molecule has 0 aromatic heterocycles. The van der Waals surface area contributed by atoms with Gasteiger partial charge in [0.05, 0.1) is 6.10 Å². The number of halogens is 1. The summed E-state index contributed by atoms with van der Waals surface area (Å²) in [5.41, 5.74) is -3.28. The first-order valence-corrected chi connectivity index (χ1v) is 9.88. The first-order valence-electron chi connectivity index (χ1n) is 9.88. The number of carbonyl (C=O) groups excluding carboxylic acids is 2. The average Bonchev–Trinajstić information content (AvgIpc) is 2.83. The third-order valence-corrected chi connectivity index (χ3v) is 8.25. The van der Waals surface area contributed by atoms with Gasteiger partial charge in [0, 0.05) is 22.3 Å². The van der Waals surface area contributed by atoms with Gasteiger partial charge in [-0.2, -0.15) is 0 Å². The van der Waals surface area contributed by atoms with Crippen molar-refractivity contribution in [1.82, 2.24) is 0 Å². The normalized spacial score (nSPS) is 49.7. The maximum atomic E-state index is 15.1. The summed E-state index contributed by atoms with van der Waals surface area (Å²) in [7, 11) is 0. The molecule has 0 aromatic rings. The second-order valence-corrected chi connectivity index (χ2v) is 9.47. The van der Waals surface area contributed by atoms with Crippen molar-refractivity contribution in [2.24, 2.45) is 34.5 Å². The maximum Gasteiger partial charge on any atom is 0.190 e. The molecular formula is C22H27FO5. The van der Waals surface area contributed by atoms with Crippen molar-refractivity contribution in [3.05, 3.63) is 35.7 Å². The van der Waals surface area contributed by atoms with Crippen molar-refractivity contribution in [1.29, 1.82) is 0 Å². The molecule has 0 radical (unpaired) electrons. The number of carbonyl (C=O) groups is 2. The molecule has 0 aliphatic heterocycles. The van der Waals surface area contributed by atoms with Crippen molar-refractivity contribution in [2.75, 3.05) is 6.61 Å². The van der Waals surface area contributed by atoms with Gasteiger partial charge in [-0.25, -0.2) is 4.39 Å². The zero-order valence-electron chi connectivity index (χ0n) is 16.4. The minimum absolute atomic E-state index is 0.172. The largest absolute Gasteiger partial charge is 0.393 e. The van der Waals surface area contributed by atoms with E-state index >= 15 is 4.39 Å². The fourth-order valence-corrected chi connectivity index (χ4v) is 6.91. The average molecular weight is 390 g/mol. The van der Waals surface area contributed by atoms with Crippen molar-refractivity contribution in [2.45, 2.75) is 45.3 Å².